The van der Waals surface area contributed by atoms with E-state index in [9.17, 15) is 9.90 Å². The first-order valence-electron chi connectivity index (χ1n) is 4.22. The average molecular weight is 207 g/mol. The molecule has 1 aromatic heterocycles. The molecule has 14 heavy (non-hydrogen) atoms. The first-order valence-corrected chi connectivity index (χ1v) is 5.03. The summed E-state index contributed by atoms with van der Waals surface area (Å²) in [5, 5.41) is 10.4. The van der Waals surface area contributed by atoms with Gasteiger partial charge in [0, 0.05) is 5.56 Å². The highest BCUT2D eigenvalue weighted by atomic mass is 32.1. The quantitative estimate of drug-likeness (QED) is 0.764. The summed E-state index contributed by atoms with van der Waals surface area (Å²) >= 11 is 1.56. The van der Waals surface area contributed by atoms with Crippen molar-refractivity contribution >= 4 is 27.8 Å². The molecule has 0 aliphatic rings. The van der Waals surface area contributed by atoms with Crippen LogP contribution in [0.1, 0.15) is 16.7 Å². The zero-order chi connectivity index (χ0) is 10.1. The molecule has 0 saturated carbocycles. The Balaban J connectivity index is 2.69. The average Bonchev–Trinajstić information content (AvgIpc) is 2.56. The Labute approximate surface area is 85.0 Å². The predicted molar refractivity (Wildman–Crippen MR) is 55.4 cm³/mol. The molecule has 1 heterocycles. The Hall–Kier alpha value is -1.26. The SMILES string of the molecule is Cc1nc2c(C(O)C=O)cccc2s1. The normalized spacial score (nSPS) is 13.0. The van der Waals surface area contributed by atoms with Crippen LogP contribution in [0.3, 0.4) is 0 Å². The van der Waals surface area contributed by atoms with Crippen molar-refractivity contribution in [1.82, 2.24) is 4.98 Å². The van der Waals surface area contributed by atoms with Crippen molar-refractivity contribution in [3.63, 3.8) is 0 Å². The monoisotopic (exact) mass is 207 g/mol. The molecule has 0 aliphatic heterocycles. The summed E-state index contributed by atoms with van der Waals surface area (Å²) in [6.07, 6.45) is -0.552. The summed E-state index contributed by atoms with van der Waals surface area (Å²) < 4.78 is 1.00. The number of benzene rings is 1. The van der Waals surface area contributed by atoms with Crippen LogP contribution in [0.5, 0.6) is 0 Å². The lowest BCUT2D eigenvalue weighted by molar-refractivity contribution is -0.115. The Morgan fingerprint density at radius 3 is 3.07 bits per heavy atom. The second kappa shape index (κ2) is 3.48. The van der Waals surface area contributed by atoms with E-state index in [0.29, 0.717) is 11.8 Å². The molecular weight excluding hydrogens is 198 g/mol. The van der Waals surface area contributed by atoms with Crippen molar-refractivity contribution in [3.05, 3.63) is 28.8 Å². The van der Waals surface area contributed by atoms with Crippen LogP contribution < -0.4 is 0 Å². The van der Waals surface area contributed by atoms with Gasteiger partial charge in [0.15, 0.2) is 6.29 Å². The molecular formula is C10H9NO2S. The molecule has 0 amide bonds. The second-order valence-electron chi connectivity index (χ2n) is 3.01. The van der Waals surface area contributed by atoms with E-state index in [1.165, 1.54) is 0 Å². The number of carbonyl (C=O) groups is 1. The van der Waals surface area contributed by atoms with Gasteiger partial charge in [-0.3, -0.25) is 0 Å². The van der Waals surface area contributed by atoms with Crippen LogP contribution in [0.15, 0.2) is 18.2 Å². The molecule has 4 heteroatoms. The molecule has 1 aromatic carbocycles. The zero-order valence-corrected chi connectivity index (χ0v) is 8.41. The molecule has 0 fully saturated rings. The number of thiazole rings is 1. The van der Waals surface area contributed by atoms with Gasteiger partial charge in [0.2, 0.25) is 0 Å². The lowest BCUT2D eigenvalue weighted by Crippen LogP contribution is -1.98. The number of aldehydes is 1. The highest BCUT2D eigenvalue weighted by Gasteiger charge is 2.12. The van der Waals surface area contributed by atoms with E-state index in [-0.39, 0.29) is 0 Å². The molecule has 0 bridgehead atoms. The molecule has 0 saturated heterocycles. The van der Waals surface area contributed by atoms with E-state index in [1.807, 2.05) is 19.1 Å². The maximum Gasteiger partial charge on any atom is 0.153 e. The number of hydrogen-bond donors (Lipinski definition) is 1. The third kappa shape index (κ3) is 1.42. The van der Waals surface area contributed by atoms with Crippen LogP contribution in [0.25, 0.3) is 10.2 Å². The zero-order valence-electron chi connectivity index (χ0n) is 7.60. The van der Waals surface area contributed by atoms with E-state index < -0.39 is 6.10 Å². The van der Waals surface area contributed by atoms with Gasteiger partial charge in [-0.15, -0.1) is 11.3 Å². The van der Waals surface area contributed by atoms with Crippen molar-refractivity contribution < 1.29 is 9.90 Å². The molecule has 0 spiro atoms. The summed E-state index contributed by atoms with van der Waals surface area (Å²) in [4.78, 5) is 14.8. The van der Waals surface area contributed by atoms with E-state index in [0.717, 1.165) is 15.2 Å². The fourth-order valence-corrected chi connectivity index (χ4v) is 2.25. The van der Waals surface area contributed by atoms with Crippen LogP contribution >= 0.6 is 11.3 Å². The Morgan fingerprint density at radius 1 is 1.57 bits per heavy atom. The minimum Gasteiger partial charge on any atom is -0.381 e. The Morgan fingerprint density at radius 2 is 2.36 bits per heavy atom. The van der Waals surface area contributed by atoms with Crippen LogP contribution in [-0.2, 0) is 4.79 Å². The van der Waals surface area contributed by atoms with Gasteiger partial charge in [-0.1, -0.05) is 12.1 Å². The topological polar surface area (TPSA) is 50.2 Å². The highest BCUT2D eigenvalue weighted by Crippen LogP contribution is 2.27. The second-order valence-corrected chi connectivity index (χ2v) is 4.24. The van der Waals surface area contributed by atoms with E-state index in [2.05, 4.69) is 4.98 Å². The van der Waals surface area contributed by atoms with E-state index >= 15 is 0 Å². The number of fused-ring (bicyclic) bond motifs is 1. The number of aromatic nitrogens is 1. The summed E-state index contributed by atoms with van der Waals surface area (Å²) in [7, 11) is 0. The van der Waals surface area contributed by atoms with Gasteiger partial charge in [-0.05, 0) is 13.0 Å². The lowest BCUT2D eigenvalue weighted by Gasteiger charge is -2.02. The predicted octanol–water partition coefficient (Wildman–Crippen LogP) is 1.84. The van der Waals surface area contributed by atoms with Gasteiger partial charge >= 0.3 is 0 Å². The van der Waals surface area contributed by atoms with Crippen LogP contribution in [0.4, 0.5) is 0 Å². The summed E-state index contributed by atoms with van der Waals surface area (Å²) in [5.41, 5.74) is 1.32. The van der Waals surface area contributed by atoms with Crippen molar-refractivity contribution in [2.24, 2.45) is 0 Å². The number of aliphatic hydroxyl groups excluding tert-OH is 1. The molecule has 72 valence electrons. The standard InChI is InChI=1S/C10H9NO2S/c1-6-11-10-7(8(13)5-12)3-2-4-9(10)14-6/h2-5,8,13H,1H3. The molecule has 1 atom stereocenters. The fourth-order valence-electron chi connectivity index (χ4n) is 1.39. The van der Waals surface area contributed by atoms with Crippen LogP contribution in [-0.4, -0.2) is 16.4 Å². The van der Waals surface area contributed by atoms with Crippen LogP contribution in [0, 0.1) is 6.92 Å². The number of aryl methyl sites for hydroxylation is 1. The molecule has 2 rings (SSSR count). The van der Waals surface area contributed by atoms with Gasteiger partial charge in [0.05, 0.1) is 15.2 Å². The summed E-state index contributed by atoms with van der Waals surface area (Å²) in [6, 6.07) is 5.48. The molecule has 1 unspecified atom stereocenters. The van der Waals surface area contributed by atoms with Gasteiger partial charge in [-0.25, -0.2) is 4.98 Å². The number of hydrogen-bond acceptors (Lipinski definition) is 4. The smallest absolute Gasteiger partial charge is 0.153 e. The maximum atomic E-state index is 10.5. The van der Waals surface area contributed by atoms with E-state index in [1.54, 1.807) is 17.4 Å². The first-order chi connectivity index (χ1) is 6.72. The molecule has 1 N–H and O–H groups in total. The number of nitrogens with zero attached hydrogens (tertiary/aromatic N) is 1. The Kier molecular flexibility index (Phi) is 2.31. The summed E-state index contributed by atoms with van der Waals surface area (Å²) in [5.74, 6) is 0. The van der Waals surface area contributed by atoms with Gasteiger partial charge in [0.1, 0.15) is 6.10 Å². The number of para-hydroxylation sites is 1. The lowest BCUT2D eigenvalue weighted by atomic mass is 10.1. The molecule has 0 radical (unpaired) electrons. The third-order valence-electron chi connectivity index (χ3n) is 2.00. The van der Waals surface area contributed by atoms with Gasteiger partial charge in [-0.2, -0.15) is 0 Å². The minimum absolute atomic E-state index is 0.517. The first kappa shape index (κ1) is 9.30. The largest absolute Gasteiger partial charge is 0.381 e. The number of aliphatic hydroxyl groups is 1. The minimum atomic E-state index is -1.07. The summed E-state index contributed by atoms with van der Waals surface area (Å²) in [6.45, 7) is 1.90. The van der Waals surface area contributed by atoms with Crippen molar-refractivity contribution in [3.8, 4) is 0 Å². The van der Waals surface area contributed by atoms with Gasteiger partial charge in [0.25, 0.3) is 0 Å². The molecule has 0 aliphatic carbocycles. The van der Waals surface area contributed by atoms with Crippen molar-refractivity contribution in [1.29, 1.82) is 0 Å². The Bertz CT molecular complexity index is 478. The molecule has 2 aromatic rings. The third-order valence-corrected chi connectivity index (χ3v) is 2.94. The number of carbonyl (C=O) groups excluding carboxylic acids is 1. The number of rotatable bonds is 2. The van der Waals surface area contributed by atoms with Crippen molar-refractivity contribution in [2.45, 2.75) is 13.0 Å². The fraction of sp³-hybridized carbons (Fsp3) is 0.200. The van der Waals surface area contributed by atoms with E-state index in [4.69, 9.17) is 0 Å². The van der Waals surface area contributed by atoms with Crippen LogP contribution in [0.2, 0.25) is 0 Å². The molecule has 3 nitrogen and oxygen atoms in total. The van der Waals surface area contributed by atoms with Crippen molar-refractivity contribution in [2.75, 3.05) is 0 Å². The van der Waals surface area contributed by atoms with Gasteiger partial charge < -0.3 is 9.90 Å². The highest BCUT2D eigenvalue weighted by molar-refractivity contribution is 7.18. The maximum absolute atomic E-state index is 10.5.